The molecule has 0 aromatic heterocycles. The fourth-order valence-electron chi connectivity index (χ4n) is 2.84. The number of carbonyl (C=O) groups excluding carboxylic acids is 3. The normalized spacial score (nSPS) is 19.7. The van der Waals surface area contributed by atoms with Crippen LogP contribution < -0.4 is 5.32 Å². The molecule has 0 radical (unpaired) electrons. The second-order valence-electron chi connectivity index (χ2n) is 7.03. The first-order chi connectivity index (χ1) is 12.3. The van der Waals surface area contributed by atoms with Gasteiger partial charge >= 0.3 is 0 Å². The first-order valence-corrected chi connectivity index (χ1v) is 9.69. The van der Waals surface area contributed by atoms with Crippen LogP contribution in [0.1, 0.15) is 59.8 Å². The van der Waals surface area contributed by atoms with Crippen molar-refractivity contribution in [3.05, 3.63) is 0 Å². The number of amides is 3. The van der Waals surface area contributed by atoms with Crippen LogP contribution in [0.5, 0.6) is 0 Å². The highest BCUT2D eigenvalue weighted by Gasteiger charge is 2.35. The third-order valence-electron chi connectivity index (χ3n) is 4.48. The number of rotatable bonds is 13. The Hall–Kier alpha value is -1.47. The van der Waals surface area contributed by atoms with Gasteiger partial charge < -0.3 is 14.8 Å². The van der Waals surface area contributed by atoms with Crippen LogP contribution in [0.15, 0.2) is 0 Å². The molecule has 26 heavy (non-hydrogen) atoms. The molecule has 1 fully saturated rings. The maximum Gasteiger partial charge on any atom is 0.232 e. The van der Waals surface area contributed by atoms with E-state index in [1.807, 2.05) is 6.92 Å². The molecule has 3 atom stereocenters. The first kappa shape index (κ1) is 22.6. The van der Waals surface area contributed by atoms with E-state index < -0.39 is 0 Å². The van der Waals surface area contributed by atoms with Gasteiger partial charge in [0.2, 0.25) is 17.7 Å². The molecule has 3 unspecified atom stereocenters. The van der Waals surface area contributed by atoms with Crippen LogP contribution in [0.25, 0.3) is 0 Å². The molecule has 7 nitrogen and oxygen atoms in total. The van der Waals surface area contributed by atoms with E-state index in [0.717, 1.165) is 19.3 Å². The third-order valence-corrected chi connectivity index (χ3v) is 4.48. The molecular formula is C19H34N2O5. The Morgan fingerprint density at radius 2 is 1.85 bits per heavy atom. The smallest absolute Gasteiger partial charge is 0.232 e. The zero-order chi connectivity index (χ0) is 19.5. The van der Waals surface area contributed by atoms with Gasteiger partial charge in [0.15, 0.2) is 0 Å². The van der Waals surface area contributed by atoms with Gasteiger partial charge in [-0.25, -0.2) is 0 Å². The minimum absolute atomic E-state index is 0.0714. The summed E-state index contributed by atoms with van der Waals surface area (Å²) in [6.07, 6.45) is 3.72. The summed E-state index contributed by atoms with van der Waals surface area (Å²) in [4.78, 5) is 36.4. The van der Waals surface area contributed by atoms with E-state index in [0.29, 0.717) is 19.8 Å². The number of nitrogens with zero attached hydrogens (tertiary/aromatic N) is 1. The monoisotopic (exact) mass is 370 g/mol. The zero-order valence-corrected chi connectivity index (χ0v) is 16.6. The molecule has 1 aliphatic heterocycles. The van der Waals surface area contributed by atoms with Gasteiger partial charge in [-0.05, 0) is 26.7 Å². The fourth-order valence-corrected chi connectivity index (χ4v) is 2.84. The number of nitrogens with one attached hydrogen (secondary N) is 1. The van der Waals surface area contributed by atoms with Gasteiger partial charge in [-0.1, -0.05) is 20.3 Å². The number of carbonyl (C=O) groups is 3. The zero-order valence-electron chi connectivity index (χ0n) is 16.6. The Morgan fingerprint density at radius 3 is 2.46 bits per heavy atom. The highest BCUT2D eigenvalue weighted by Crippen LogP contribution is 2.18. The molecule has 1 saturated heterocycles. The number of ether oxygens (including phenoxy) is 2. The average molecular weight is 370 g/mol. The number of imide groups is 1. The van der Waals surface area contributed by atoms with Crippen LogP contribution in [-0.2, 0) is 23.9 Å². The molecule has 1 rings (SSSR count). The maximum absolute atomic E-state index is 11.8. The minimum Gasteiger partial charge on any atom is -0.378 e. The minimum atomic E-state index is -0.269. The third kappa shape index (κ3) is 8.27. The van der Waals surface area contributed by atoms with Crippen molar-refractivity contribution in [1.82, 2.24) is 10.2 Å². The Morgan fingerprint density at radius 1 is 1.19 bits per heavy atom. The molecule has 1 heterocycles. The van der Waals surface area contributed by atoms with Gasteiger partial charge in [-0.15, -0.1) is 0 Å². The molecule has 150 valence electrons. The molecule has 1 N–H and O–H groups in total. The van der Waals surface area contributed by atoms with Gasteiger partial charge in [0.1, 0.15) is 0 Å². The molecule has 7 heteroatoms. The van der Waals surface area contributed by atoms with Crippen molar-refractivity contribution in [1.29, 1.82) is 0 Å². The lowest BCUT2D eigenvalue weighted by molar-refractivity contribution is -0.139. The summed E-state index contributed by atoms with van der Waals surface area (Å²) in [5, 5.41) is 2.75. The Labute approximate surface area is 156 Å². The van der Waals surface area contributed by atoms with Crippen LogP contribution in [0.2, 0.25) is 0 Å². The van der Waals surface area contributed by atoms with Crippen molar-refractivity contribution in [3.8, 4) is 0 Å². The molecule has 3 amide bonds. The van der Waals surface area contributed by atoms with Gasteiger partial charge in [-0.2, -0.15) is 0 Å². The van der Waals surface area contributed by atoms with Crippen molar-refractivity contribution in [2.45, 2.75) is 72.0 Å². The second kappa shape index (κ2) is 12.0. The summed E-state index contributed by atoms with van der Waals surface area (Å²) in [5.74, 6) is -0.828. The molecule has 0 bridgehead atoms. The largest absolute Gasteiger partial charge is 0.378 e. The van der Waals surface area contributed by atoms with Gasteiger partial charge in [0, 0.05) is 38.5 Å². The maximum atomic E-state index is 11.8. The Balaban J connectivity index is 2.05. The van der Waals surface area contributed by atoms with Crippen LogP contribution in [0.4, 0.5) is 0 Å². The Kier molecular flexibility index (Phi) is 10.4. The van der Waals surface area contributed by atoms with Crippen molar-refractivity contribution >= 4 is 17.7 Å². The van der Waals surface area contributed by atoms with E-state index in [2.05, 4.69) is 19.2 Å². The van der Waals surface area contributed by atoms with E-state index in [9.17, 15) is 14.4 Å². The summed E-state index contributed by atoms with van der Waals surface area (Å²) in [6.45, 7) is 9.60. The number of hydrogen-bond acceptors (Lipinski definition) is 5. The predicted octanol–water partition coefficient (Wildman–Crippen LogP) is 1.89. The molecule has 0 aliphatic carbocycles. The van der Waals surface area contributed by atoms with Gasteiger partial charge in [0.25, 0.3) is 0 Å². The van der Waals surface area contributed by atoms with Crippen molar-refractivity contribution in [2.24, 2.45) is 5.92 Å². The Bertz CT molecular complexity index is 469. The molecular weight excluding hydrogens is 336 g/mol. The van der Waals surface area contributed by atoms with Crippen molar-refractivity contribution < 1.29 is 23.9 Å². The first-order valence-electron chi connectivity index (χ1n) is 9.69. The highest BCUT2D eigenvalue weighted by atomic mass is 16.5. The standard InChI is InChI=1S/C19H34N2O5/c1-5-6-15(3)25-11-8-16(4)26-12-9-20-17(22)7-10-21-18(23)13-14(2)19(21)24/h14-16H,5-13H2,1-4H3,(H,20,22). The van der Waals surface area contributed by atoms with Crippen LogP contribution in [0.3, 0.4) is 0 Å². The summed E-state index contributed by atoms with van der Waals surface area (Å²) >= 11 is 0. The molecule has 0 saturated carbocycles. The van der Waals surface area contributed by atoms with Gasteiger partial charge in [-0.3, -0.25) is 19.3 Å². The highest BCUT2D eigenvalue weighted by molar-refractivity contribution is 6.03. The topological polar surface area (TPSA) is 84.9 Å². The van der Waals surface area contributed by atoms with Crippen molar-refractivity contribution in [3.63, 3.8) is 0 Å². The predicted molar refractivity (Wildman–Crippen MR) is 98.5 cm³/mol. The molecule has 0 aromatic rings. The van der Waals surface area contributed by atoms with Crippen molar-refractivity contribution in [2.75, 3.05) is 26.3 Å². The molecule has 1 aliphatic rings. The summed E-state index contributed by atoms with van der Waals surface area (Å²) in [6, 6.07) is 0. The number of likely N-dealkylation sites (tertiary alicyclic amines) is 1. The van der Waals surface area contributed by atoms with E-state index >= 15 is 0 Å². The van der Waals surface area contributed by atoms with E-state index in [-0.39, 0.29) is 55.2 Å². The summed E-state index contributed by atoms with van der Waals surface area (Å²) in [7, 11) is 0. The second-order valence-corrected chi connectivity index (χ2v) is 7.03. The van der Waals surface area contributed by atoms with E-state index in [1.165, 1.54) is 4.90 Å². The van der Waals surface area contributed by atoms with Gasteiger partial charge in [0.05, 0.1) is 18.8 Å². The SMILES string of the molecule is CCCC(C)OCCC(C)OCCNC(=O)CCN1C(=O)CC(C)C1=O. The lowest BCUT2D eigenvalue weighted by Crippen LogP contribution is -2.36. The summed E-state index contributed by atoms with van der Waals surface area (Å²) < 4.78 is 11.3. The molecule has 0 aromatic carbocycles. The fraction of sp³-hybridized carbons (Fsp3) is 0.842. The van der Waals surface area contributed by atoms with Crippen LogP contribution >= 0.6 is 0 Å². The lowest BCUT2D eigenvalue weighted by atomic mass is 10.1. The molecule has 0 spiro atoms. The quantitative estimate of drug-likeness (QED) is 0.395. The lowest BCUT2D eigenvalue weighted by Gasteiger charge is -2.16. The summed E-state index contributed by atoms with van der Waals surface area (Å²) in [5.41, 5.74) is 0. The number of hydrogen-bond donors (Lipinski definition) is 1. The van der Waals surface area contributed by atoms with E-state index in [1.54, 1.807) is 6.92 Å². The average Bonchev–Trinajstić information content (AvgIpc) is 2.82. The van der Waals surface area contributed by atoms with Crippen LogP contribution in [0, 0.1) is 5.92 Å². The van der Waals surface area contributed by atoms with Crippen LogP contribution in [-0.4, -0.2) is 61.1 Å². The van der Waals surface area contributed by atoms with E-state index in [4.69, 9.17) is 9.47 Å².